The highest BCUT2D eigenvalue weighted by molar-refractivity contribution is 9.11. The molecule has 0 amide bonds. The van der Waals surface area contributed by atoms with Crippen molar-refractivity contribution >= 4 is 27.3 Å². The molecule has 1 heterocycles. The smallest absolute Gasteiger partial charge is 0.177 e. The molecule has 0 bridgehead atoms. The molecule has 9 heavy (non-hydrogen) atoms. The third-order valence-electron chi connectivity index (χ3n) is 0.898. The Morgan fingerprint density at radius 1 is 1.78 bits per heavy atom. The van der Waals surface area contributed by atoms with E-state index >= 15 is 0 Å². The second kappa shape index (κ2) is 2.77. The lowest BCUT2D eigenvalue weighted by Crippen LogP contribution is -1.75. The van der Waals surface area contributed by atoms with Crippen LogP contribution in [0.3, 0.4) is 0 Å². The summed E-state index contributed by atoms with van der Waals surface area (Å²) in [7, 11) is 0. The summed E-state index contributed by atoms with van der Waals surface area (Å²) in [4.78, 5) is 0. The maximum absolute atomic E-state index is 12.3. The van der Waals surface area contributed by atoms with Gasteiger partial charge in [-0.25, -0.2) is 0 Å². The van der Waals surface area contributed by atoms with E-state index in [-0.39, 0.29) is 11.7 Å². The van der Waals surface area contributed by atoms with Crippen molar-refractivity contribution in [3.63, 3.8) is 0 Å². The third kappa shape index (κ3) is 1.50. The minimum atomic E-state index is -0.272. The predicted octanol–water partition coefficient (Wildman–Crippen LogP) is 2.14. The molecule has 0 radical (unpaired) electrons. The maximum atomic E-state index is 12.3. The van der Waals surface area contributed by atoms with E-state index in [0.29, 0.717) is 9.35 Å². The van der Waals surface area contributed by atoms with Crippen molar-refractivity contribution in [1.29, 1.82) is 0 Å². The van der Waals surface area contributed by atoms with Crippen LogP contribution in [-0.2, 0) is 6.61 Å². The fourth-order valence-corrected chi connectivity index (χ4v) is 1.81. The molecule has 0 aliphatic carbocycles. The quantitative estimate of drug-likeness (QED) is 0.707. The molecule has 0 spiro atoms. The van der Waals surface area contributed by atoms with Crippen molar-refractivity contribution in [2.24, 2.45) is 0 Å². The van der Waals surface area contributed by atoms with Crippen LogP contribution >= 0.6 is 27.3 Å². The normalized spacial score (nSPS) is 10.1. The molecule has 1 N–H and O–H groups in total. The Bertz CT molecular complexity index is 211. The Hall–Kier alpha value is 0.0700. The summed E-state index contributed by atoms with van der Waals surface area (Å²) in [5.74, 6) is 0. The average Bonchev–Trinajstić information content (AvgIpc) is 2.10. The highest BCUT2D eigenvalue weighted by atomic mass is 79.9. The molecular weight excluding hydrogens is 208 g/mol. The van der Waals surface area contributed by atoms with E-state index < -0.39 is 0 Å². The van der Waals surface area contributed by atoms with Crippen LogP contribution in [0.2, 0.25) is 0 Å². The number of thiophene rings is 1. The second-order valence-corrected chi connectivity index (χ2v) is 3.83. The topological polar surface area (TPSA) is 20.2 Å². The lowest BCUT2D eigenvalue weighted by molar-refractivity contribution is 0.281. The zero-order valence-corrected chi connectivity index (χ0v) is 6.80. The molecule has 50 valence electrons. The van der Waals surface area contributed by atoms with Crippen LogP contribution in [0.4, 0.5) is 4.39 Å². The van der Waals surface area contributed by atoms with Crippen LogP contribution in [0, 0.1) is 5.13 Å². The molecule has 1 rings (SSSR count). The van der Waals surface area contributed by atoms with E-state index in [9.17, 15) is 4.39 Å². The summed E-state index contributed by atoms with van der Waals surface area (Å²) in [5.41, 5.74) is 0.609. The molecule has 1 aromatic heterocycles. The number of aliphatic hydroxyl groups is 1. The first-order valence-electron chi connectivity index (χ1n) is 2.28. The van der Waals surface area contributed by atoms with Gasteiger partial charge in [0.2, 0.25) is 0 Å². The van der Waals surface area contributed by atoms with E-state index in [0.717, 1.165) is 11.3 Å². The van der Waals surface area contributed by atoms with Crippen LogP contribution < -0.4 is 0 Å². The first kappa shape index (κ1) is 7.18. The molecule has 0 atom stereocenters. The second-order valence-electron chi connectivity index (χ2n) is 1.51. The number of hydrogen-bond acceptors (Lipinski definition) is 2. The summed E-state index contributed by atoms with van der Waals surface area (Å²) in [5, 5.41) is 8.27. The predicted molar refractivity (Wildman–Crippen MR) is 37.9 cm³/mol. The molecule has 0 saturated heterocycles. The zero-order chi connectivity index (χ0) is 6.85. The van der Waals surface area contributed by atoms with Crippen LogP contribution in [0.1, 0.15) is 5.56 Å². The van der Waals surface area contributed by atoms with Gasteiger partial charge in [0.05, 0.1) is 10.4 Å². The summed E-state index contributed by atoms with van der Waals surface area (Å²) < 4.78 is 12.9. The standard InChI is InChI=1S/C5H4BrFOS/c6-5-3(2-8)1-4(7)9-5/h1,8H,2H2/i2+1. The van der Waals surface area contributed by atoms with Gasteiger partial charge in [-0.2, -0.15) is 4.39 Å². The lowest BCUT2D eigenvalue weighted by Gasteiger charge is -1.85. The van der Waals surface area contributed by atoms with E-state index in [1.165, 1.54) is 6.07 Å². The van der Waals surface area contributed by atoms with Crippen molar-refractivity contribution in [2.45, 2.75) is 6.61 Å². The van der Waals surface area contributed by atoms with Gasteiger partial charge in [0.25, 0.3) is 0 Å². The SMILES string of the molecule is O[13CH2]c1cc(F)sc1Br. The van der Waals surface area contributed by atoms with Gasteiger partial charge >= 0.3 is 0 Å². The summed E-state index contributed by atoms with van der Waals surface area (Å²) in [6.07, 6.45) is 0. The number of rotatable bonds is 1. The molecule has 0 aromatic carbocycles. The molecule has 0 aliphatic rings. The lowest BCUT2D eigenvalue weighted by atomic mass is 10.5. The summed E-state index contributed by atoms with van der Waals surface area (Å²) in [6.45, 7) is -0.110. The fraction of sp³-hybridized carbons (Fsp3) is 0.200. The van der Waals surface area contributed by atoms with E-state index in [4.69, 9.17) is 5.11 Å². The molecular formula is C5H4BrFOS. The number of hydrogen-bond donors (Lipinski definition) is 1. The van der Waals surface area contributed by atoms with Gasteiger partial charge in [-0.05, 0) is 22.0 Å². The molecule has 0 unspecified atom stereocenters. The first-order valence-corrected chi connectivity index (χ1v) is 3.89. The molecule has 1 nitrogen and oxygen atoms in total. The monoisotopic (exact) mass is 211 g/mol. The largest absolute Gasteiger partial charge is 0.392 e. The van der Waals surface area contributed by atoms with Crippen molar-refractivity contribution in [3.8, 4) is 0 Å². The van der Waals surface area contributed by atoms with Gasteiger partial charge in [0.1, 0.15) is 0 Å². The molecule has 0 aliphatic heterocycles. The van der Waals surface area contributed by atoms with Gasteiger partial charge in [-0.1, -0.05) is 11.3 Å². The van der Waals surface area contributed by atoms with Crippen LogP contribution in [0.5, 0.6) is 0 Å². The minimum absolute atomic E-state index is 0.110. The molecule has 1 aromatic rings. The summed E-state index contributed by atoms with van der Waals surface area (Å²) in [6, 6.07) is 1.31. The van der Waals surface area contributed by atoms with Crippen molar-refractivity contribution in [2.75, 3.05) is 0 Å². The van der Waals surface area contributed by atoms with E-state index in [1.807, 2.05) is 0 Å². The third-order valence-corrected chi connectivity index (χ3v) is 2.65. The minimum Gasteiger partial charge on any atom is -0.392 e. The number of aliphatic hydroxyl groups excluding tert-OH is 1. The van der Waals surface area contributed by atoms with Gasteiger partial charge in [-0.3, -0.25) is 0 Å². The van der Waals surface area contributed by atoms with Gasteiger partial charge in [0.15, 0.2) is 5.13 Å². The van der Waals surface area contributed by atoms with Gasteiger partial charge < -0.3 is 5.11 Å². The van der Waals surface area contributed by atoms with Gasteiger partial charge in [-0.15, -0.1) is 0 Å². The Kier molecular flexibility index (Phi) is 2.21. The van der Waals surface area contributed by atoms with E-state index in [2.05, 4.69) is 15.9 Å². The van der Waals surface area contributed by atoms with Crippen LogP contribution in [-0.4, -0.2) is 5.11 Å². The van der Waals surface area contributed by atoms with Crippen molar-refractivity contribution < 1.29 is 9.50 Å². The van der Waals surface area contributed by atoms with Crippen LogP contribution in [0.15, 0.2) is 9.85 Å². The fourth-order valence-electron chi connectivity index (χ4n) is 0.482. The zero-order valence-electron chi connectivity index (χ0n) is 4.40. The van der Waals surface area contributed by atoms with Gasteiger partial charge in [0, 0.05) is 5.56 Å². The van der Waals surface area contributed by atoms with E-state index in [1.54, 1.807) is 0 Å². The molecule has 0 saturated carbocycles. The maximum Gasteiger partial charge on any atom is 0.177 e. The van der Waals surface area contributed by atoms with Crippen molar-refractivity contribution in [3.05, 3.63) is 20.5 Å². The first-order chi connectivity index (χ1) is 4.24. The van der Waals surface area contributed by atoms with Crippen molar-refractivity contribution in [1.82, 2.24) is 0 Å². The molecule has 4 heteroatoms. The number of halogens is 2. The molecule has 0 fully saturated rings. The van der Waals surface area contributed by atoms with Crippen LogP contribution in [0.25, 0.3) is 0 Å². The summed E-state index contributed by atoms with van der Waals surface area (Å²) >= 11 is 4.08. The highest BCUT2D eigenvalue weighted by Crippen LogP contribution is 2.26. The average molecular weight is 212 g/mol. The Balaban J connectivity index is 3.01. The Morgan fingerprint density at radius 3 is 2.67 bits per heavy atom. The Labute approximate surface area is 64.3 Å². The highest BCUT2D eigenvalue weighted by Gasteiger charge is 2.03. The Morgan fingerprint density at radius 2 is 2.44 bits per heavy atom.